The summed E-state index contributed by atoms with van der Waals surface area (Å²) in [6, 6.07) is 23.6. The Labute approximate surface area is 287 Å². The third kappa shape index (κ3) is 9.62. The molecule has 0 saturated heterocycles. The summed E-state index contributed by atoms with van der Waals surface area (Å²) in [4.78, 5) is 0. The van der Waals surface area contributed by atoms with Crippen molar-refractivity contribution in [2.75, 3.05) is 26.4 Å². The van der Waals surface area contributed by atoms with Crippen molar-refractivity contribution in [2.45, 2.75) is 52.2 Å². The summed E-state index contributed by atoms with van der Waals surface area (Å²) in [5.74, 6) is 1.47. The van der Waals surface area contributed by atoms with E-state index in [9.17, 15) is 20.4 Å². The molecule has 0 aliphatic carbocycles. The molecule has 0 radical (unpaired) electrons. The van der Waals surface area contributed by atoms with Gasteiger partial charge in [-0.2, -0.15) is 0 Å². The minimum atomic E-state index is -0.351. The van der Waals surface area contributed by atoms with Crippen molar-refractivity contribution < 1.29 is 29.9 Å². The maximum atomic E-state index is 9.27. The molecule has 0 heterocycles. The van der Waals surface area contributed by atoms with Crippen molar-refractivity contribution in [3.63, 3.8) is 0 Å². The molecule has 0 fully saturated rings. The molecular weight excluding hydrogens is 716 g/mol. The molecule has 0 atom stereocenters. The lowest BCUT2D eigenvalue weighted by Crippen LogP contribution is -2.35. The highest BCUT2D eigenvalue weighted by Crippen LogP contribution is 2.33. The highest BCUT2D eigenvalue weighted by atomic mass is 79.9. The molecule has 0 saturated carbocycles. The van der Waals surface area contributed by atoms with E-state index < -0.39 is 0 Å². The molecule has 246 valence electrons. The van der Waals surface area contributed by atoms with Crippen LogP contribution in [0.4, 0.5) is 0 Å². The van der Waals surface area contributed by atoms with Crippen LogP contribution < -0.4 is 20.1 Å². The van der Waals surface area contributed by atoms with Crippen molar-refractivity contribution >= 4 is 31.9 Å². The normalized spacial score (nSPS) is 11.4. The fraction of sp³-hybridized carbons (Fsp3) is 0.333. The lowest BCUT2D eigenvalue weighted by molar-refractivity contribution is 0.170. The van der Waals surface area contributed by atoms with E-state index in [2.05, 4.69) is 92.7 Å². The molecule has 0 spiro atoms. The smallest absolute Gasteiger partial charge is 0.134 e. The number of nitrogens with one attached hydrogen (secondary N) is 2. The monoisotopic (exact) mass is 756 g/mol. The molecule has 0 aromatic heterocycles. The third-order valence-electron chi connectivity index (χ3n) is 8.01. The standard InChI is InChI=1S/C36H42Br2N2O6/c1-23-27(21-45-35-11-9-25(13-33(35)37)15-39-29(17-41)18-42)5-3-7-31(23)32-8-4-6-28(24(32)2)22-46-36-12-10-26(14-34(36)38)16-40-30(19-43)20-44/h3-14,29-30,39-44H,15-22H2,1-2H3. The first-order valence-corrected chi connectivity index (χ1v) is 16.8. The quantitative estimate of drug-likeness (QED) is 0.0831. The Hall–Kier alpha value is -2.80. The van der Waals surface area contributed by atoms with Gasteiger partial charge in [0.05, 0.1) is 47.5 Å². The summed E-state index contributed by atoms with van der Waals surface area (Å²) in [7, 11) is 0. The van der Waals surface area contributed by atoms with Gasteiger partial charge in [0.25, 0.3) is 0 Å². The number of hydrogen-bond donors (Lipinski definition) is 6. The summed E-state index contributed by atoms with van der Waals surface area (Å²) in [5, 5.41) is 43.3. The Kier molecular flexibility index (Phi) is 14.1. The molecule has 6 N–H and O–H groups in total. The van der Waals surface area contributed by atoms with Crippen LogP contribution in [0.1, 0.15) is 33.4 Å². The number of aliphatic hydroxyl groups is 4. The maximum absolute atomic E-state index is 9.27. The molecule has 4 aromatic carbocycles. The van der Waals surface area contributed by atoms with Crippen molar-refractivity contribution in [3.05, 3.63) is 115 Å². The Balaban J connectivity index is 1.42. The molecule has 46 heavy (non-hydrogen) atoms. The van der Waals surface area contributed by atoms with Gasteiger partial charge in [-0.1, -0.05) is 48.5 Å². The first-order valence-electron chi connectivity index (χ1n) is 15.2. The maximum Gasteiger partial charge on any atom is 0.134 e. The average Bonchev–Trinajstić information content (AvgIpc) is 3.06. The minimum Gasteiger partial charge on any atom is -0.488 e. The van der Waals surface area contributed by atoms with Gasteiger partial charge in [-0.15, -0.1) is 0 Å². The van der Waals surface area contributed by atoms with Gasteiger partial charge in [-0.3, -0.25) is 0 Å². The molecule has 0 unspecified atom stereocenters. The van der Waals surface area contributed by atoms with Crippen LogP contribution in [-0.4, -0.2) is 58.9 Å². The number of aliphatic hydroxyl groups excluding tert-OH is 4. The molecule has 0 amide bonds. The van der Waals surface area contributed by atoms with Gasteiger partial charge in [0, 0.05) is 13.1 Å². The molecule has 4 rings (SSSR count). The fourth-order valence-electron chi connectivity index (χ4n) is 5.02. The Morgan fingerprint density at radius 2 is 0.978 bits per heavy atom. The van der Waals surface area contributed by atoms with E-state index in [4.69, 9.17) is 9.47 Å². The highest BCUT2D eigenvalue weighted by molar-refractivity contribution is 9.10. The molecule has 10 heteroatoms. The molecular formula is C36H42Br2N2O6. The number of ether oxygens (including phenoxy) is 2. The summed E-state index contributed by atoms with van der Waals surface area (Å²) in [6.45, 7) is 5.62. The second-order valence-electron chi connectivity index (χ2n) is 11.2. The second-order valence-corrected chi connectivity index (χ2v) is 12.9. The van der Waals surface area contributed by atoms with Crippen LogP contribution in [0.15, 0.2) is 81.7 Å². The third-order valence-corrected chi connectivity index (χ3v) is 9.25. The average molecular weight is 759 g/mol. The summed E-state index contributed by atoms with van der Waals surface area (Å²) >= 11 is 7.24. The van der Waals surface area contributed by atoms with Gasteiger partial charge >= 0.3 is 0 Å². The zero-order valence-electron chi connectivity index (χ0n) is 26.1. The highest BCUT2D eigenvalue weighted by Gasteiger charge is 2.14. The molecule has 0 bridgehead atoms. The van der Waals surface area contributed by atoms with Crippen LogP contribution in [0.3, 0.4) is 0 Å². The van der Waals surface area contributed by atoms with E-state index in [1.165, 1.54) is 0 Å². The van der Waals surface area contributed by atoms with Crippen molar-refractivity contribution in [3.8, 4) is 22.6 Å². The summed E-state index contributed by atoms with van der Waals surface area (Å²) in [5.41, 5.74) is 8.79. The SMILES string of the molecule is Cc1c(COc2ccc(CNC(CO)CO)cc2Br)cccc1-c1cccc(COc2ccc(CNC(CO)CO)cc2Br)c1C. The lowest BCUT2D eigenvalue weighted by atomic mass is 9.92. The van der Waals surface area contributed by atoms with Gasteiger partial charge in [-0.25, -0.2) is 0 Å². The van der Waals surface area contributed by atoms with E-state index >= 15 is 0 Å². The first kappa shape index (κ1) is 36.0. The van der Waals surface area contributed by atoms with E-state index in [-0.39, 0.29) is 38.5 Å². The van der Waals surface area contributed by atoms with Crippen LogP contribution in [0, 0.1) is 13.8 Å². The molecule has 4 aromatic rings. The molecule has 0 aliphatic rings. The van der Waals surface area contributed by atoms with E-state index in [1.807, 2.05) is 36.4 Å². The van der Waals surface area contributed by atoms with Crippen LogP contribution >= 0.6 is 31.9 Å². The predicted octanol–water partition coefficient (Wildman–Crippen LogP) is 5.54. The van der Waals surface area contributed by atoms with Crippen LogP contribution in [0.2, 0.25) is 0 Å². The van der Waals surface area contributed by atoms with E-state index in [0.29, 0.717) is 26.3 Å². The van der Waals surface area contributed by atoms with E-state index in [1.54, 1.807) is 0 Å². The van der Waals surface area contributed by atoms with Crippen LogP contribution in [0.25, 0.3) is 11.1 Å². The lowest BCUT2D eigenvalue weighted by Gasteiger charge is -2.18. The Morgan fingerprint density at radius 3 is 1.33 bits per heavy atom. The number of rotatable bonds is 17. The van der Waals surface area contributed by atoms with Gasteiger partial charge < -0.3 is 40.5 Å². The Bertz CT molecular complexity index is 1460. The second kappa shape index (κ2) is 17.9. The van der Waals surface area contributed by atoms with Gasteiger partial charge in [0.1, 0.15) is 24.7 Å². The Morgan fingerprint density at radius 1 is 0.587 bits per heavy atom. The summed E-state index contributed by atoms with van der Waals surface area (Å²) in [6.07, 6.45) is 0. The largest absolute Gasteiger partial charge is 0.488 e. The van der Waals surface area contributed by atoms with Crippen molar-refractivity contribution in [1.29, 1.82) is 0 Å². The van der Waals surface area contributed by atoms with Crippen LogP contribution in [0.5, 0.6) is 11.5 Å². The molecule has 0 aliphatic heterocycles. The fourth-order valence-corrected chi connectivity index (χ4v) is 6.10. The first-order chi connectivity index (χ1) is 22.3. The van der Waals surface area contributed by atoms with E-state index in [0.717, 1.165) is 65.0 Å². The number of hydrogen-bond acceptors (Lipinski definition) is 8. The number of halogens is 2. The van der Waals surface area contributed by atoms with Gasteiger partial charge in [-0.05, 0) is 114 Å². The number of benzene rings is 4. The summed E-state index contributed by atoms with van der Waals surface area (Å²) < 4.78 is 14.1. The van der Waals surface area contributed by atoms with Gasteiger partial charge in [0.15, 0.2) is 0 Å². The zero-order valence-corrected chi connectivity index (χ0v) is 29.3. The van der Waals surface area contributed by atoms with Gasteiger partial charge in [0.2, 0.25) is 0 Å². The minimum absolute atomic E-state index is 0.124. The zero-order chi connectivity index (χ0) is 33.1. The topological polar surface area (TPSA) is 123 Å². The predicted molar refractivity (Wildman–Crippen MR) is 188 cm³/mol. The van der Waals surface area contributed by atoms with Crippen molar-refractivity contribution in [2.24, 2.45) is 0 Å². The van der Waals surface area contributed by atoms with Crippen molar-refractivity contribution in [1.82, 2.24) is 10.6 Å². The molecule has 8 nitrogen and oxygen atoms in total. The van der Waals surface area contributed by atoms with Crippen LogP contribution in [-0.2, 0) is 26.3 Å².